The molecule has 0 radical (unpaired) electrons. The van der Waals surface area contributed by atoms with Crippen LogP contribution in [0.2, 0.25) is 0 Å². The first kappa shape index (κ1) is 18.9. The number of rotatable bonds is 6. The van der Waals surface area contributed by atoms with Crippen LogP contribution < -0.4 is 0 Å². The van der Waals surface area contributed by atoms with Crippen molar-refractivity contribution in [3.05, 3.63) is 77.9 Å². The molecular formula is C21H20N2O3S. The van der Waals surface area contributed by atoms with Crippen LogP contribution in [0.15, 0.2) is 66.2 Å². The first-order chi connectivity index (χ1) is 13.0. The number of thioether (sulfide) groups is 1. The number of nitrogens with zero attached hydrogens (tertiary/aromatic N) is 2. The number of aliphatic imine (C=N–C) groups is 1. The normalized spacial score (nSPS) is 18.1. The van der Waals surface area contributed by atoms with Gasteiger partial charge in [-0.3, -0.25) is 9.69 Å². The summed E-state index contributed by atoms with van der Waals surface area (Å²) in [5, 5.41) is 9.37. The molecule has 27 heavy (non-hydrogen) atoms. The van der Waals surface area contributed by atoms with Crippen molar-refractivity contribution in [1.82, 2.24) is 4.90 Å². The molecule has 1 atom stereocenters. The molecule has 1 heterocycles. The van der Waals surface area contributed by atoms with Gasteiger partial charge in [-0.25, -0.2) is 9.79 Å². The van der Waals surface area contributed by atoms with Gasteiger partial charge in [0.2, 0.25) is 5.91 Å². The molecule has 0 unspecified atom stereocenters. The maximum Gasteiger partial charge on any atom is 0.335 e. The summed E-state index contributed by atoms with van der Waals surface area (Å²) in [5.41, 5.74) is 3.11. The first-order valence-corrected chi connectivity index (χ1v) is 9.42. The third-order valence-corrected chi connectivity index (χ3v) is 5.39. The van der Waals surface area contributed by atoms with Crippen LogP contribution in [0.5, 0.6) is 0 Å². The van der Waals surface area contributed by atoms with E-state index in [1.165, 1.54) is 29.5 Å². The molecule has 1 fully saturated rings. The van der Waals surface area contributed by atoms with E-state index < -0.39 is 5.97 Å². The number of aromatic carboxylic acids is 1. The number of amidine groups is 1. The molecule has 5 nitrogen and oxygen atoms in total. The summed E-state index contributed by atoms with van der Waals surface area (Å²) in [6.07, 6.45) is 2.31. The third-order valence-electron chi connectivity index (χ3n) is 4.21. The number of amides is 1. The predicted molar refractivity (Wildman–Crippen MR) is 109 cm³/mol. The van der Waals surface area contributed by atoms with Gasteiger partial charge in [-0.15, -0.1) is 6.58 Å². The molecule has 1 amide bonds. The quantitative estimate of drug-likeness (QED) is 0.768. The average molecular weight is 380 g/mol. The van der Waals surface area contributed by atoms with Crippen LogP contribution in [0.4, 0.5) is 5.69 Å². The Balaban J connectivity index is 1.82. The number of hydrogen-bond acceptors (Lipinski definition) is 4. The monoisotopic (exact) mass is 380 g/mol. The van der Waals surface area contributed by atoms with Crippen molar-refractivity contribution in [2.24, 2.45) is 4.99 Å². The Morgan fingerprint density at radius 2 is 1.89 bits per heavy atom. The van der Waals surface area contributed by atoms with Gasteiger partial charge >= 0.3 is 5.97 Å². The fraction of sp³-hybridized carbons (Fsp3) is 0.190. The van der Waals surface area contributed by atoms with Gasteiger partial charge < -0.3 is 5.11 Å². The van der Waals surface area contributed by atoms with Gasteiger partial charge in [-0.1, -0.05) is 47.7 Å². The lowest BCUT2D eigenvalue weighted by molar-refractivity contribution is -0.125. The fourth-order valence-electron chi connectivity index (χ4n) is 2.75. The Morgan fingerprint density at radius 3 is 2.48 bits per heavy atom. The molecule has 2 aromatic carbocycles. The van der Waals surface area contributed by atoms with E-state index in [-0.39, 0.29) is 16.7 Å². The van der Waals surface area contributed by atoms with E-state index in [1.54, 1.807) is 23.1 Å². The average Bonchev–Trinajstić information content (AvgIpc) is 2.93. The van der Waals surface area contributed by atoms with Gasteiger partial charge in [-0.05, 0) is 43.2 Å². The predicted octanol–water partition coefficient (Wildman–Crippen LogP) is 4.05. The van der Waals surface area contributed by atoms with E-state index >= 15 is 0 Å². The highest BCUT2D eigenvalue weighted by Crippen LogP contribution is 2.32. The first-order valence-electron chi connectivity index (χ1n) is 8.54. The summed E-state index contributed by atoms with van der Waals surface area (Å²) >= 11 is 1.43. The van der Waals surface area contributed by atoms with E-state index in [2.05, 4.69) is 11.6 Å². The van der Waals surface area contributed by atoms with Gasteiger partial charge in [0.25, 0.3) is 0 Å². The topological polar surface area (TPSA) is 70.0 Å². The molecular weight excluding hydrogens is 360 g/mol. The zero-order chi connectivity index (χ0) is 19.4. The fourth-order valence-corrected chi connectivity index (χ4v) is 3.96. The van der Waals surface area contributed by atoms with Crippen LogP contribution in [-0.2, 0) is 11.2 Å². The zero-order valence-corrected chi connectivity index (χ0v) is 15.8. The maximum atomic E-state index is 12.8. The molecule has 1 saturated heterocycles. The van der Waals surface area contributed by atoms with Crippen LogP contribution in [0, 0.1) is 6.92 Å². The molecule has 0 saturated carbocycles. The molecule has 1 aliphatic heterocycles. The summed E-state index contributed by atoms with van der Waals surface area (Å²) in [6, 6.07) is 14.5. The van der Waals surface area contributed by atoms with Crippen molar-refractivity contribution in [2.75, 3.05) is 6.54 Å². The number of carboxylic acids is 1. The van der Waals surface area contributed by atoms with E-state index in [0.29, 0.717) is 23.8 Å². The van der Waals surface area contributed by atoms with Gasteiger partial charge in [-0.2, -0.15) is 0 Å². The highest BCUT2D eigenvalue weighted by molar-refractivity contribution is 8.15. The summed E-state index contributed by atoms with van der Waals surface area (Å²) in [6.45, 7) is 6.15. The number of carboxylic acid groups (broad SMARTS) is 1. The van der Waals surface area contributed by atoms with Gasteiger partial charge in [0.05, 0.1) is 16.5 Å². The molecule has 0 bridgehead atoms. The Morgan fingerprint density at radius 1 is 1.22 bits per heavy atom. The summed E-state index contributed by atoms with van der Waals surface area (Å²) in [4.78, 5) is 30.0. The lowest BCUT2D eigenvalue weighted by Crippen LogP contribution is -2.32. The molecule has 0 aromatic heterocycles. The largest absolute Gasteiger partial charge is 0.478 e. The second kappa shape index (κ2) is 8.22. The van der Waals surface area contributed by atoms with Gasteiger partial charge in [0.15, 0.2) is 5.17 Å². The van der Waals surface area contributed by atoms with Crippen molar-refractivity contribution < 1.29 is 14.7 Å². The Labute approximate surface area is 162 Å². The zero-order valence-electron chi connectivity index (χ0n) is 15.0. The molecule has 1 N–H and O–H groups in total. The highest BCUT2D eigenvalue weighted by Gasteiger charge is 2.37. The maximum absolute atomic E-state index is 12.8. The summed E-state index contributed by atoms with van der Waals surface area (Å²) in [5.74, 6) is -0.965. The third kappa shape index (κ3) is 4.46. The minimum Gasteiger partial charge on any atom is -0.478 e. The number of carbonyl (C=O) groups is 2. The van der Waals surface area contributed by atoms with Crippen molar-refractivity contribution in [3.8, 4) is 0 Å². The number of benzene rings is 2. The number of hydrogen-bond donors (Lipinski definition) is 1. The molecule has 0 spiro atoms. The SMILES string of the molecule is C=CCN1C(=O)[C@H](Cc2ccc(C)cc2)SC1=Nc1ccc(C(=O)O)cc1. The van der Waals surface area contributed by atoms with Crippen LogP contribution >= 0.6 is 11.8 Å². The van der Waals surface area contributed by atoms with Crippen molar-refractivity contribution in [3.63, 3.8) is 0 Å². The van der Waals surface area contributed by atoms with E-state index in [9.17, 15) is 9.59 Å². The number of carbonyl (C=O) groups excluding carboxylic acids is 1. The minimum absolute atomic E-state index is 0.0152. The second-order valence-corrected chi connectivity index (χ2v) is 7.45. The molecule has 1 aliphatic rings. The van der Waals surface area contributed by atoms with Crippen LogP contribution in [0.1, 0.15) is 21.5 Å². The smallest absolute Gasteiger partial charge is 0.335 e. The second-order valence-electron chi connectivity index (χ2n) is 6.28. The molecule has 6 heteroatoms. The van der Waals surface area contributed by atoms with E-state index in [0.717, 1.165) is 5.56 Å². The van der Waals surface area contributed by atoms with Gasteiger partial charge in [0.1, 0.15) is 0 Å². The summed E-state index contributed by atoms with van der Waals surface area (Å²) < 4.78 is 0. The van der Waals surface area contributed by atoms with Crippen LogP contribution in [0.3, 0.4) is 0 Å². The molecule has 3 rings (SSSR count). The molecule has 0 aliphatic carbocycles. The van der Waals surface area contributed by atoms with Crippen molar-refractivity contribution in [1.29, 1.82) is 0 Å². The highest BCUT2D eigenvalue weighted by atomic mass is 32.2. The Hall–Kier alpha value is -2.86. The lowest BCUT2D eigenvalue weighted by atomic mass is 10.1. The summed E-state index contributed by atoms with van der Waals surface area (Å²) in [7, 11) is 0. The van der Waals surface area contributed by atoms with Gasteiger partial charge in [0, 0.05) is 6.54 Å². The van der Waals surface area contributed by atoms with Crippen molar-refractivity contribution in [2.45, 2.75) is 18.6 Å². The van der Waals surface area contributed by atoms with Crippen LogP contribution in [-0.4, -0.2) is 38.8 Å². The van der Waals surface area contributed by atoms with Crippen LogP contribution in [0.25, 0.3) is 0 Å². The standard InChI is InChI=1S/C21H20N2O3S/c1-3-12-23-19(24)18(13-15-6-4-14(2)5-7-15)27-21(23)22-17-10-8-16(9-11-17)20(25)26/h3-11,18H,1,12-13H2,2H3,(H,25,26)/t18-/m0/s1. The minimum atomic E-state index is -0.980. The Kier molecular flexibility index (Phi) is 5.76. The lowest BCUT2D eigenvalue weighted by Gasteiger charge is -2.13. The van der Waals surface area contributed by atoms with E-state index in [1.807, 2.05) is 31.2 Å². The molecule has 138 valence electrons. The van der Waals surface area contributed by atoms with E-state index in [4.69, 9.17) is 5.11 Å². The van der Waals surface area contributed by atoms with Crippen molar-refractivity contribution >= 4 is 34.5 Å². The Bertz CT molecular complexity index is 889. The molecule has 2 aromatic rings. The number of aryl methyl sites for hydroxylation is 1.